The lowest BCUT2D eigenvalue weighted by molar-refractivity contribution is 0.601. The Balaban J connectivity index is 1.94. The first-order chi connectivity index (χ1) is 9.78. The Morgan fingerprint density at radius 3 is 2.40 bits per heavy atom. The molecule has 0 amide bonds. The Kier molecular flexibility index (Phi) is 3.83. The number of halogens is 1. The molecule has 1 aliphatic rings. The summed E-state index contributed by atoms with van der Waals surface area (Å²) < 4.78 is 14.0. The van der Waals surface area contributed by atoms with E-state index in [0.29, 0.717) is 12.1 Å². The third-order valence-corrected chi connectivity index (χ3v) is 4.10. The van der Waals surface area contributed by atoms with Gasteiger partial charge in [-0.05, 0) is 61.1 Å². The first kappa shape index (κ1) is 13.3. The highest BCUT2D eigenvalue weighted by atomic mass is 19.1. The minimum atomic E-state index is -0.130. The monoisotopic (exact) mass is 269 g/mol. The van der Waals surface area contributed by atoms with Crippen molar-refractivity contribution in [2.24, 2.45) is 0 Å². The lowest BCUT2D eigenvalue weighted by Gasteiger charge is -2.17. The predicted molar refractivity (Wildman–Crippen MR) is 81.2 cm³/mol. The summed E-state index contributed by atoms with van der Waals surface area (Å²) in [4.78, 5) is 0. The fraction of sp³-hybridized carbons (Fsp3) is 0.333. The van der Waals surface area contributed by atoms with Gasteiger partial charge in [-0.25, -0.2) is 4.39 Å². The molecule has 0 spiro atoms. The molecule has 1 N–H and O–H groups in total. The Morgan fingerprint density at radius 1 is 0.950 bits per heavy atom. The highest BCUT2D eigenvalue weighted by Gasteiger charge is 2.11. The normalized spacial score (nSPS) is 14.1. The number of aryl methyl sites for hydroxylation is 2. The number of rotatable bonds is 3. The average molecular weight is 269 g/mol. The van der Waals surface area contributed by atoms with Crippen LogP contribution in [0.15, 0.2) is 36.4 Å². The summed E-state index contributed by atoms with van der Waals surface area (Å²) in [7, 11) is 1.83. The molecule has 0 bridgehead atoms. The fourth-order valence-corrected chi connectivity index (χ4v) is 2.97. The second kappa shape index (κ2) is 5.76. The molecular weight excluding hydrogens is 249 g/mol. The van der Waals surface area contributed by atoms with Crippen LogP contribution in [0.25, 0.3) is 11.1 Å². The van der Waals surface area contributed by atoms with Crippen LogP contribution in [0.3, 0.4) is 0 Å². The van der Waals surface area contributed by atoms with E-state index in [-0.39, 0.29) is 5.82 Å². The number of fused-ring (bicyclic) bond motifs is 1. The maximum atomic E-state index is 14.0. The van der Waals surface area contributed by atoms with Gasteiger partial charge in [-0.3, -0.25) is 0 Å². The smallest absolute Gasteiger partial charge is 0.128 e. The zero-order chi connectivity index (χ0) is 13.9. The van der Waals surface area contributed by atoms with Gasteiger partial charge < -0.3 is 5.32 Å². The van der Waals surface area contributed by atoms with Gasteiger partial charge in [0, 0.05) is 12.1 Å². The van der Waals surface area contributed by atoms with Gasteiger partial charge >= 0.3 is 0 Å². The van der Waals surface area contributed by atoms with Crippen LogP contribution in [0.4, 0.5) is 4.39 Å². The van der Waals surface area contributed by atoms with Gasteiger partial charge in [0.25, 0.3) is 0 Å². The maximum absolute atomic E-state index is 14.0. The van der Waals surface area contributed by atoms with Crippen LogP contribution in [0.5, 0.6) is 0 Å². The molecule has 0 atom stereocenters. The zero-order valence-corrected chi connectivity index (χ0v) is 11.9. The molecule has 0 saturated heterocycles. The quantitative estimate of drug-likeness (QED) is 0.885. The predicted octanol–water partition coefficient (Wildman–Crippen LogP) is 4.09. The SMILES string of the molecule is CNCc1ccc(-c2ccc3c(c2)CCCC3)cc1F. The first-order valence-corrected chi connectivity index (χ1v) is 7.33. The summed E-state index contributed by atoms with van der Waals surface area (Å²) in [6, 6.07) is 12.1. The van der Waals surface area contributed by atoms with Crippen molar-refractivity contribution in [1.82, 2.24) is 5.32 Å². The van der Waals surface area contributed by atoms with Crippen molar-refractivity contribution < 1.29 is 4.39 Å². The van der Waals surface area contributed by atoms with E-state index in [1.807, 2.05) is 19.2 Å². The van der Waals surface area contributed by atoms with Crippen LogP contribution < -0.4 is 5.32 Å². The summed E-state index contributed by atoms with van der Waals surface area (Å²) in [6.45, 7) is 0.566. The second-order valence-corrected chi connectivity index (χ2v) is 5.53. The number of hydrogen-bond acceptors (Lipinski definition) is 1. The molecule has 1 aliphatic carbocycles. The van der Waals surface area contributed by atoms with Crippen LogP contribution in [0.1, 0.15) is 29.5 Å². The molecule has 1 nitrogen and oxygen atoms in total. The van der Waals surface area contributed by atoms with Crippen LogP contribution in [0.2, 0.25) is 0 Å². The van der Waals surface area contributed by atoms with Gasteiger partial charge in [0.1, 0.15) is 5.82 Å². The molecule has 0 unspecified atom stereocenters. The van der Waals surface area contributed by atoms with Crippen molar-refractivity contribution in [3.63, 3.8) is 0 Å². The largest absolute Gasteiger partial charge is 0.316 e. The van der Waals surface area contributed by atoms with Crippen LogP contribution >= 0.6 is 0 Å². The fourth-order valence-electron chi connectivity index (χ4n) is 2.97. The van der Waals surface area contributed by atoms with Gasteiger partial charge in [0.2, 0.25) is 0 Å². The summed E-state index contributed by atoms with van der Waals surface area (Å²) in [6.07, 6.45) is 4.90. The molecule has 0 aromatic heterocycles. The molecule has 20 heavy (non-hydrogen) atoms. The third-order valence-electron chi connectivity index (χ3n) is 4.10. The van der Waals surface area contributed by atoms with Gasteiger partial charge in [-0.2, -0.15) is 0 Å². The molecule has 0 fully saturated rings. The van der Waals surface area contributed by atoms with Crippen molar-refractivity contribution in [2.45, 2.75) is 32.2 Å². The van der Waals surface area contributed by atoms with Crippen LogP contribution in [-0.2, 0) is 19.4 Å². The molecule has 0 radical (unpaired) electrons. The molecule has 0 aliphatic heterocycles. The van der Waals surface area contributed by atoms with Gasteiger partial charge in [-0.15, -0.1) is 0 Å². The molecule has 3 rings (SSSR count). The molecule has 2 heteroatoms. The summed E-state index contributed by atoms with van der Waals surface area (Å²) in [5.74, 6) is -0.130. The number of nitrogens with one attached hydrogen (secondary N) is 1. The lowest BCUT2D eigenvalue weighted by atomic mass is 9.89. The van der Waals surface area contributed by atoms with Crippen molar-refractivity contribution in [3.8, 4) is 11.1 Å². The molecule has 104 valence electrons. The standard InChI is InChI=1S/C18H20FN/c1-20-12-17-9-8-16(11-18(17)19)15-7-6-13-4-2-3-5-14(13)10-15/h6-11,20H,2-5,12H2,1H3. The van der Waals surface area contributed by atoms with E-state index in [0.717, 1.165) is 17.5 Å². The van der Waals surface area contributed by atoms with Crippen LogP contribution in [-0.4, -0.2) is 7.05 Å². The number of benzene rings is 2. The minimum Gasteiger partial charge on any atom is -0.316 e. The van der Waals surface area contributed by atoms with E-state index in [1.54, 1.807) is 6.07 Å². The topological polar surface area (TPSA) is 12.0 Å². The summed E-state index contributed by atoms with van der Waals surface area (Å²) in [5, 5.41) is 2.98. The number of hydrogen-bond donors (Lipinski definition) is 1. The third kappa shape index (κ3) is 2.61. The first-order valence-electron chi connectivity index (χ1n) is 7.33. The molecule has 2 aromatic carbocycles. The molecule has 0 heterocycles. The average Bonchev–Trinajstić information content (AvgIpc) is 2.49. The van der Waals surface area contributed by atoms with E-state index in [9.17, 15) is 4.39 Å². The van der Waals surface area contributed by atoms with Crippen molar-refractivity contribution in [1.29, 1.82) is 0 Å². The van der Waals surface area contributed by atoms with Gasteiger partial charge in [0.05, 0.1) is 0 Å². The van der Waals surface area contributed by atoms with Gasteiger partial charge in [-0.1, -0.05) is 30.3 Å². The Labute approximate surface area is 119 Å². The van der Waals surface area contributed by atoms with Crippen molar-refractivity contribution in [2.75, 3.05) is 7.05 Å². The highest BCUT2D eigenvalue weighted by Crippen LogP contribution is 2.28. The summed E-state index contributed by atoms with van der Waals surface area (Å²) in [5.41, 5.74) is 5.71. The second-order valence-electron chi connectivity index (χ2n) is 5.53. The Morgan fingerprint density at radius 2 is 1.65 bits per heavy atom. The van der Waals surface area contributed by atoms with Crippen molar-refractivity contribution >= 4 is 0 Å². The molecular formula is C18H20FN. The Bertz CT molecular complexity index is 619. The van der Waals surface area contributed by atoms with E-state index in [1.165, 1.54) is 30.4 Å². The maximum Gasteiger partial charge on any atom is 0.128 e. The Hall–Kier alpha value is -1.67. The van der Waals surface area contributed by atoms with E-state index in [4.69, 9.17) is 0 Å². The molecule has 2 aromatic rings. The lowest BCUT2D eigenvalue weighted by Crippen LogP contribution is -2.07. The van der Waals surface area contributed by atoms with Gasteiger partial charge in [0.15, 0.2) is 0 Å². The minimum absolute atomic E-state index is 0.130. The summed E-state index contributed by atoms with van der Waals surface area (Å²) >= 11 is 0. The highest BCUT2D eigenvalue weighted by molar-refractivity contribution is 5.65. The van der Waals surface area contributed by atoms with Crippen LogP contribution in [0, 0.1) is 5.82 Å². The van der Waals surface area contributed by atoms with E-state index < -0.39 is 0 Å². The zero-order valence-electron chi connectivity index (χ0n) is 11.9. The molecule has 0 saturated carbocycles. The van der Waals surface area contributed by atoms with Crippen molar-refractivity contribution in [3.05, 3.63) is 58.9 Å². The van der Waals surface area contributed by atoms with E-state index >= 15 is 0 Å². The van der Waals surface area contributed by atoms with E-state index in [2.05, 4.69) is 23.5 Å².